The molecule has 0 saturated carbocycles. The van der Waals surface area contributed by atoms with E-state index in [9.17, 15) is 19.5 Å². The third kappa shape index (κ3) is 39.1. The summed E-state index contributed by atoms with van der Waals surface area (Å²) in [6, 6.07) is -0.724. The van der Waals surface area contributed by atoms with Crippen LogP contribution in [0.25, 0.3) is 0 Å². The predicted octanol–water partition coefficient (Wildman–Crippen LogP) is 11.9. The average molecular weight is 806 g/mol. The van der Waals surface area contributed by atoms with Crippen LogP contribution in [0.5, 0.6) is 0 Å². The maximum Gasteiger partial charge on any atom is 0.306 e. The van der Waals surface area contributed by atoms with Gasteiger partial charge in [-0.25, -0.2) is 0 Å². The van der Waals surface area contributed by atoms with Gasteiger partial charge in [0, 0.05) is 19.3 Å². The molecule has 0 bridgehead atoms. The van der Waals surface area contributed by atoms with E-state index in [2.05, 4.69) is 38.2 Å². The monoisotopic (exact) mass is 806 g/mol. The van der Waals surface area contributed by atoms with E-state index in [1.54, 1.807) is 21.1 Å². The summed E-state index contributed by atoms with van der Waals surface area (Å²) in [7, 11) is 5.41. The Morgan fingerprint density at radius 2 is 0.930 bits per heavy atom. The van der Waals surface area contributed by atoms with Gasteiger partial charge in [0.1, 0.15) is 12.6 Å². The summed E-state index contributed by atoms with van der Waals surface area (Å²) in [5, 5.41) is 11.6. The number of hydrogen-bond donors (Lipinski definition) is 0. The molecule has 0 aliphatic carbocycles. The zero-order valence-electron chi connectivity index (χ0n) is 38.0. The summed E-state index contributed by atoms with van der Waals surface area (Å²) < 4.78 is 17.2. The van der Waals surface area contributed by atoms with Crippen molar-refractivity contribution in [3.63, 3.8) is 0 Å². The summed E-state index contributed by atoms with van der Waals surface area (Å²) in [4.78, 5) is 36.9. The molecule has 0 fully saturated rings. The van der Waals surface area contributed by atoms with Gasteiger partial charge in [0.15, 0.2) is 6.10 Å². The number of aliphatic carboxylic acids is 1. The van der Waals surface area contributed by atoms with Crippen LogP contribution in [0.2, 0.25) is 0 Å². The fourth-order valence-electron chi connectivity index (χ4n) is 7.10. The lowest BCUT2D eigenvalue weighted by Crippen LogP contribution is -2.55. The van der Waals surface area contributed by atoms with Crippen molar-refractivity contribution in [1.29, 1.82) is 0 Å². The number of esters is 2. The largest absolute Gasteiger partial charge is 0.544 e. The number of carboxylic acids is 1. The first-order valence-corrected chi connectivity index (χ1v) is 23.9. The highest BCUT2D eigenvalue weighted by molar-refractivity contribution is 5.70. The van der Waals surface area contributed by atoms with Crippen molar-refractivity contribution in [3.8, 4) is 0 Å². The Hall–Kier alpha value is -2.19. The normalized spacial score (nSPS) is 13.1. The first-order valence-electron chi connectivity index (χ1n) is 23.9. The number of unbranched alkanes of at least 4 members (excludes halogenated alkanes) is 25. The van der Waals surface area contributed by atoms with Crippen LogP contribution >= 0.6 is 0 Å². The smallest absolute Gasteiger partial charge is 0.306 e. The van der Waals surface area contributed by atoms with Gasteiger partial charge in [-0.15, -0.1) is 0 Å². The summed E-state index contributed by atoms with van der Waals surface area (Å²) in [5.74, 6) is -1.73. The van der Waals surface area contributed by atoms with Crippen LogP contribution in [-0.4, -0.2) is 75.5 Å². The first kappa shape index (κ1) is 54.8. The standard InChI is InChI=1S/C49H91NO7/c1-6-8-10-12-14-16-18-19-20-21-22-23-24-25-26-27-28-30-32-34-36-38-40-48(52)57-45(43-55-42-41-46(49(53)54)50(3,4)5)44-56-47(51)39-37-35-33-31-29-17-15-13-11-9-7-2/h21-22,24-25,45-46H,6-20,23,26-44H2,1-5H3/b22-21+,25-24+. The Bertz CT molecular complexity index is 989. The van der Waals surface area contributed by atoms with Crippen LogP contribution in [0.15, 0.2) is 24.3 Å². The number of likely N-dealkylation sites (N-methyl/N-ethyl adjacent to an activating group) is 1. The molecule has 0 N–H and O–H groups in total. The second-order valence-electron chi connectivity index (χ2n) is 17.4. The SMILES string of the molecule is CCCCCCCCCC/C=C/C/C=C/CCCCCCCCCC(=O)OC(COCCC(C(=O)[O-])[N+](C)(C)C)COC(=O)CCCCCCCCCCCCC. The van der Waals surface area contributed by atoms with Gasteiger partial charge in [-0.2, -0.15) is 0 Å². The van der Waals surface area contributed by atoms with Crippen molar-refractivity contribution in [2.45, 2.75) is 231 Å². The lowest BCUT2D eigenvalue weighted by molar-refractivity contribution is -0.889. The van der Waals surface area contributed by atoms with Gasteiger partial charge in [0.2, 0.25) is 0 Å². The summed E-state index contributed by atoms with van der Waals surface area (Å²) in [6.45, 7) is 4.66. The molecule has 0 saturated heterocycles. The molecular formula is C49H91NO7. The number of quaternary nitrogens is 1. The van der Waals surface area contributed by atoms with Gasteiger partial charge < -0.3 is 28.6 Å². The molecule has 8 nitrogen and oxygen atoms in total. The van der Waals surface area contributed by atoms with Crippen LogP contribution in [0.1, 0.15) is 219 Å². The molecule has 2 atom stereocenters. The van der Waals surface area contributed by atoms with E-state index in [0.29, 0.717) is 12.8 Å². The van der Waals surface area contributed by atoms with Crippen LogP contribution < -0.4 is 5.11 Å². The van der Waals surface area contributed by atoms with E-state index in [1.165, 1.54) is 135 Å². The van der Waals surface area contributed by atoms with Crippen molar-refractivity contribution in [1.82, 2.24) is 0 Å². The maximum absolute atomic E-state index is 12.7. The summed E-state index contributed by atoms with van der Waals surface area (Å²) in [5.41, 5.74) is 0. The number of allylic oxidation sites excluding steroid dienone is 4. The fraction of sp³-hybridized carbons (Fsp3) is 0.857. The minimum absolute atomic E-state index is 0.0413. The van der Waals surface area contributed by atoms with Crippen LogP contribution in [0, 0.1) is 0 Å². The minimum atomic E-state index is -1.12. The summed E-state index contributed by atoms with van der Waals surface area (Å²) >= 11 is 0. The van der Waals surface area contributed by atoms with E-state index >= 15 is 0 Å². The Kier molecular flexibility index (Phi) is 39.0. The second kappa shape index (κ2) is 40.6. The van der Waals surface area contributed by atoms with Crippen molar-refractivity contribution in [3.05, 3.63) is 24.3 Å². The maximum atomic E-state index is 12.7. The lowest BCUT2D eigenvalue weighted by Gasteiger charge is -2.34. The minimum Gasteiger partial charge on any atom is -0.544 e. The molecule has 0 aromatic heterocycles. The Labute approximate surface area is 351 Å². The molecule has 0 aromatic rings. The quantitative estimate of drug-likeness (QED) is 0.0262. The first-order chi connectivity index (χ1) is 27.6. The average Bonchev–Trinajstić information content (AvgIpc) is 3.17. The molecule has 8 heteroatoms. The molecule has 0 radical (unpaired) electrons. The van der Waals surface area contributed by atoms with E-state index in [0.717, 1.165) is 51.4 Å². The van der Waals surface area contributed by atoms with E-state index in [4.69, 9.17) is 14.2 Å². The molecule has 0 spiro atoms. The number of rotatable bonds is 43. The number of carbonyl (C=O) groups excluding carboxylic acids is 3. The van der Waals surface area contributed by atoms with Gasteiger partial charge in [-0.1, -0.05) is 179 Å². The van der Waals surface area contributed by atoms with Crippen molar-refractivity contribution in [2.24, 2.45) is 0 Å². The molecule has 334 valence electrons. The van der Waals surface area contributed by atoms with Gasteiger partial charge in [-0.05, 0) is 44.9 Å². The van der Waals surface area contributed by atoms with E-state index in [1.807, 2.05) is 0 Å². The van der Waals surface area contributed by atoms with E-state index < -0.39 is 18.1 Å². The molecular weight excluding hydrogens is 715 g/mol. The summed E-state index contributed by atoms with van der Waals surface area (Å²) in [6.07, 6.45) is 44.9. The molecule has 0 aliphatic heterocycles. The molecule has 2 unspecified atom stereocenters. The van der Waals surface area contributed by atoms with Gasteiger partial charge in [0.05, 0.1) is 40.3 Å². The Morgan fingerprint density at radius 1 is 0.526 bits per heavy atom. The van der Waals surface area contributed by atoms with Crippen LogP contribution in [0.4, 0.5) is 0 Å². The van der Waals surface area contributed by atoms with E-state index in [-0.39, 0.29) is 42.7 Å². The van der Waals surface area contributed by atoms with Crippen molar-refractivity contribution < 1.29 is 38.2 Å². The number of nitrogens with zero attached hydrogens (tertiary/aromatic N) is 1. The molecule has 0 amide bonds. The van der Waals surface area contributed by atoms with Crippen LogP contribution in [0.3, 0.4) is 0 Å². The van der Waals surface area contributed by atoms with Crippen molar-refractivity contribution in [2.75, 3.05) is 41.0 Å². The van der Waals surface area contributed by atoms with Gasteiger partial charge >= 0.3 is 11.9 Å². The number of ether oxygens (including phenoxy) is 3. The highest BCUT2D eigenvalue weighted by Gasteiger charge is 2.25. The number of carboxylic acid groups (broad SMARTS) is 1. The predicted molar refractivity (Wildman–Crippen MR) is 236 cm³/mol. The van der Waals surface area contributed by atoms with Crippen molar-refractivity contribution >= 4 is 17.9 Å². The van der Waals surface area contributed by atoms with Gasteiger partial charge in [-0.3, -0.25) is 9.59 Å². The molecule has 0 rings (SSSR count). The third-order valence-electron chi connectivity index (χ3n) is 10.8. The number of carbonyl (C=O) groups is 3. The topological polar surface area (TPSA) is 102 Å². The van der Waals surface area contributed by atoms with Crippen LogP contribution in [-0.2, 0) is 28.6 Å². The van der Waals surface area contributed by atoms with Gasteiger partial charge in [0.25, 0.3) is 0 Å². The molecule has 0 heterocycles. The third-order valence-corrected chi connectivity index (χ3v) is 10.8. The number of hydrogen-bond acceptors (Lipinski definition) is 7. The second-order valence-corrected chi connectivity index (χ2v) is 17.4. The zero-order valence-corrected chi connectivity index (χ0v) is 38.0. The zero-order chi connectivity index (χ0) is 42.1. The molecule has 0 aromatic carbocycles. The Balaban J connectivity index is 4.24. The highest BCUT2D eigenvalue weighted by Crippen LogP contribution is 2.15. The Morgan fingerprint density at radius 3 is 1.35 bits per heavy atom. The molecule has 0 aliphatic rings. The fourth-order valence-corrected chi connectivity index (χ4v) is 7.10. The molecule has 57 heavy (non-hydrogen) atoms. The lowest BCUT2D eigenvalue weighted by atomic mass is 10.1. The highest BCUT2D eigenvalue weighted by atomic mass is 16.6.